The van der Waals surface area contributed by atoms with E-state index < -0.39 is 0 Å². The third kappa shape index (κ3) is 6.49. The second-order valence-electron chi connectivity index (χ2n) is 4.74. The fourth-order valence-electron chi connectivity index (χ4n) is 1.34. The largest absolute Gasteiger partial charge is 0.372 e. The Hall–Kier alpha value is -0.980. The minimum atomic E-state index is 0.833. The molecule has 1 heteroatoms. The van der Waals surface area contributed by atoms with E-state index in [2.05, 4.69) is 70.7 Å². The van der Waals surface area contributed by atoms with Crippen molar-refractivity contribution in [1.82, 2.24) is 0 Å². The first-order chi connectivity index (χ1) is 7.51. The van der Waals surface area contributed by atoms with Crippen LogP contribution in [0.4, 0.5) is 5.69 Å². The van der Waals surface area contributed by atoms with Crippen molar-refractivity contribution in [2.45, 2.75) is 41.5 Å². The second-order valence-corrected chi connectivity index (χ2v) is 4.74. The van der Waals surface area contributed by atoms with Crippen molar-refractivity contribution >= 4 is 5.69 Å². The highest BCUT2D eigenvalue weighted by Crippen LogP contribution is 2.13. The fourth-order valence-corrected chi connectivity index (χ4v) is 1.34. The van der Waals surface area contributed by atoms with Gasteiger partial charge in [0.15, 0.2) is 0 Å². The van der Waals surface area contributed by atoms with Crippen LogP contribution in [0.15, 0.2) is 24.3 Å². The molecule has 0 amide bonds. The Morgan fingerprint density at radius 3 is 1.62 bits per heavy atom. The van der Waals surface area contributed by atoms with E-state index in [-0.39, 0.29) is 0 Å². The lowest BCUT2D eigenvalue weighted by Gasteiger charge is -2.20. The molecule has 0 spiro atoms. The Balaban J connectivity index is 0.000000487. The van der Waals surface area contributed by atoms with Crippen LogP contribution in [0.3, 0.4) is 0 Å². The summed E-state index contributed by atoms with van der Waals surface area (Å²) in [5.41, 5.74) is 2.65. The van der Waals surface area contributed by atoms with Gasteiger partial charge in [-0.2, -0.15) is 0 Å². The summed E-state index contributed by atoms with van der Waals surface area (Å²) in [7, 11) is 0. The van der Waals surface area contributed by atoms with Crippen molar-refractivity contribution in [2.24, 2.45) is 5.92 Å². The summed E-state index contributed by atoms with van der Waals surface area (Å²) < 4.78 is 0. The van der Waals surface area contributed by atoms with Crippen LogP contribution in [0.1, 0.15) is 40.2 Å². The van der Waals surface area contributed by atoms with Crippen molar-refractivity contribution in [3.8, 4) is 0 Å². The molecule has 0 aliphatic rings. The van der Waals surface area contributed by atoms with Crippen molar-refractivity contribution in [3.05, 3.63) is 29.8 Å². The Bertz CT molecular complexity index is 255. The molecule has 0 fully saturated rings. The van der Waals surface area contributed by atoms with Crippen LogP contribution in [0.25, 0.3) is 0 Å². The minimum Gasteiger partial charge on any atom is -0.372 e. The van der Waals surface area contributed by atoms with Crippen LogP contribution in [-0.4, -0.2) is 13.1 Å². The fraction of sp³-hybridized carbons (Fsp3) is 0.600. The van der Waals surface area contributed by atoms with Crippen molar-refractivity contribution in [1.29, 1.82) is 0 Å². The number of hydrogen-bond donors (Lipinski definition) is 0. The van der Waals surface area contributed by atoms with Gasteiger partial charge in [-0.1, -0.05) is 38.5 Å². The number of anilines is 1. The smallest absolute Gasteiger partial charge is 0.0366 e. The maximum Gasteiger partial charge on any atom is 0.0366 e. The van der Waals surface area contributed by atoms with E-state index in [1.165, 1.54) is 11.3 Å². The molecule has 0 N–H and O–H groups in total. The minimum absolute atomic E-state index is 0.833. The van der Waals surface area contributed by atoms with Gasteiger partial charge >= 0.3 is 0 Å². The van der Waals surface area contributed by atoms with Gasteiger partial charge in [-0.3, -0.25) is 0 Å². The van der Waals surface area contributed by atoms with Gasteiger partial charge in [0.05, 0.1) is 0 Å². The summed E-state index contributed by atoms with van der Waals surface area (Å²) in [4.78, 5) is 2.35. The first kappa shape index (κ1) is 15.0. The monoisotopic (exact) mass is 221 g/mol. The zero-order chi connectivity index (χ0) is 12.6. The summed E-state index contributed by atoms with van der Waals surface area (Å²) in [6, 6.07) is 8.69. The van der Waals surface area contributed by atoms with Gasteiger partial charge in [-0.05, 0) is 38.8 Å². The van der Waals surface area contributed by atoms with Gasteiger partial charge in [0.25, 0.3) is 0 Å². The molecule has 0 aliphatic heterocycles. The quantitative estimate of drug-likeness (QED) is 0.726. The topological polar surface area (TPSA) is 3.24 Å². The highest BCUT2D eigenvalue weighted by molar-refractivity contribution is 5.47. The van der Waals surface area contributed by atoms with Crippen LogP contribution in [0.2, 0.25) is 0 Å². The molecule has 0 atom stereocenters. The molecule has 1 aromatic rings. The van der Waals surface area contributed by atoms with Gasteiger partial charge in [-0.25, -0.2) is 0 Å². The molecule has 1 nitrogen and oxygen atoms in total. The van der Waals surface area contributed by atoms with Crippen molar-refractivity contribution in [2.75, 3.05) is 18.0 Å². The van der Waals surface area contributed by atoms with Gasteiger partial charge in [0, 0.05) is 18.8 Å². The molecule has 1 aromatic carbocycles. The van der Waals surface area contributed by atoms with Gasteiger partial charge in [-0.15, -0.1) is 0 Å². The van der Waals surface area contributed by atoms with Crippen LogP contribution < -0.4 is 4.90 Å². The van der Waals surface area contributed by atoms with Crippen LogP contribution in [0.5, 0.6) is 0 Å². The standard InChI is InChI=1S/C11H17N.C4H10/c1-4-12(5-2)11-8-6-10(3)7-9-11;1-4(2)3/h6-9H,4-5H2,1-3H3;4H,1-3H3. The molecule has 0 aromatic heterocycles. The normalized spacial score (nSPS) is 9.69. The van der Waals surface area contributed by atoms with E-state index in [0.29, 0.717) is 0 Å². The lowest BCUT2D eigenvalue weighted by molar-refractivity contribution is 0.737. The molecule has 92 valence electrons. The van der Waals surface area contributed by atoms with Gasteiger partial charge in [0.1, 0.15) is 0 Å². The maximum absolute atomic E-state index is 2.35. The molecule has 16 heavy (non-hydrogen) atoms. The molecule has 0 unspecified atom stereocenters. The number of aryl methyl sites for hydroxylation is 1. The first-order valence-electron chi connectivity index (χ1n) is 6.32. The average Bonchev–Trinajstić information content (AvgIpc) is 2.22. The highest BCUT2D eigenvalue weighted by Gasteiger charge is 1.98. The molecule has 0 aliphatic carbocycles. The molecule has 0 heterocycles. The molecule has 0 saturated heterocycles. The maximum atomic E-state index is 2.35. The molecule has 1 rings (SSSR count). The summed E-state index contributed by atoms with van der Waals surface area (Å²) in [5, 5.41) is 0. The van der Waals surface area contributed by atoms with Crippen LogP contribution in [-0.2, 0) is 0 Å². The van der Waals surface area contributed by atoms with Crippen molar-refractivity contribution < 1.29 is 0 Å². The molecular weight excluding hydrogens is 194 g/mol. The number of hydrogen-bond acceptors (Lipinski definition) is 1. The van der Waals surface area contributed by atoms with Crippen LogP contribution in [0, 0.1) is 12.8 Å². The first-order valence-corrected chi connectivity index (χ1v) is 6.32. The zero-order valence-electron chi connectivity index (χ0n) is 11.7. The molecular formula is C15H27N. The Morgan fingerprint density at radius 2 is 1.31 bits per heavy atom. The van der Waals surface area contributed by atoms with Gasteiger partial charge in [0.2, 0.25) is 0 Å². The summed E-state index contributed by atoms with van der Waals surface area (Å²) in [6.07, 6.45) is 0. The zero-order valence-corrected chi connectivity index (χ0v) is 11.7. The van der Waals surface area contributed by atoms with E-state index >= 15 is 0 Å². The van der Waals surface area contributed by atoms with Crippen molar-refractivity contribution in [3.63, 3.8) is 0 Å². The van der Waals surface area contributed by atoms with E-state index in [0.717, 1.165) is 19.0 Å². The van der Waals surface area contributed by atoms with E-state index in [4.69, 9.17) is 0 Å². The number of rotatable bonds is 3. The lowest BCUT2D eigenvalue weighted by Crippen LogP contribution is -2.21. The SMILES string of the molecule is CC(C)C.CCN(CC)c1ccc(C)cc1. The molecule has 0 radical (unpaired) electrons. The number of nitrogens with zero attached hydrogens (tertiary/aromatic N) is 1. The van der Waals surface area contributed by atoms with Gasteiger partial charge < -0.3 is 4.90 Å². The second kappa shape index (κ2) is 8.20. The Labute approximate surface area is 101 Å². The average molecular weight is 221 g/mol. The summed E-state index contributed by atoms with van der Waals surface area (Å²) >= 11 is 0. The third-order valence-electron chi connectivity index (χ3n) is 2.16. The molecule has 0 saturated carbocycles. The summed E-state index contributed by atoms with van der Waals surface area (Å²) in [6.45, 7) is 15.2. The predicted molar refractivity (Wildman–Crippen MR) is 75.3 cm³/mol. The Kier molecular flexibility index (Phi) is 7.70. The van der Waals surface area contributed by atoms with E-state index in [1.807, 2.05) is 0 Å². The summed E-state index contributed by atoms with van der Waals surface area (Å²) in [5.74, 6) is 0.833. The predicted octanol–water partition coefficient (Wildman–Crippen LogP) is 4.50. The Morgan fingerprint density at radius 1 is 0.938 bits per heavy atom. The number of benzene rings is 1. The third-order valence-corrected chi connectivity index (χ3v) is 2.16. The van der Waals surface area contributed by atoms with E-state index in [1.54, 1.807) is 0 Å². The van der Waals surface area contributed by atoms with Crippen LogP contribution >= 0.6 is 0 Å². The highest BCUT2D eigenvalue weighted by atomic mass is 15.1. The lowest BCUT2D eigenvalue weighted by atomic mass is 10.2. The van der Waals surface area contributed by atoms with E-state index in [9.17, 15) is 0 Å². The molecule has 0 bridgehead atoms.